The highest BCUT2D eigenvalue weighted by Crippen LogP contribution is 2.39. The highest BCUT2D eigenvalue weighted by atomic mass is 16.6. The molecule has 1 aliphatic heterocycles. The van der Waals surface area contributed by atoms with Crippen molar-refractivity contribution in [3.63, 3.8) is 0 Å². The van der Waals surface area contributed by atoms with Gasteiger partial charge in [-0.2, -0.15) is 0 Å². The minimum atomic E-state index is -0.822. The number of benzene rings is 2. The van der Waals surface area contributed by atoms with E-state index in [2.05, 4.69) is 5.43 Å². The number of ether oxygens (including phenoxy) is 2. The SMILES string of the molecule is CCOc1cc(/C=C2/C(=O)NN(c3ccccc3)C2=O)cc([N+](=O)[O-])c1OCC(N)=O. The van der Waals surface area contributed by atoms with Crippen molar-refractivity contribution in [1.82, 2.24) is 5.43 Å². The third kappa shape index (κ3) is 4.61. The van der Waals surface area contributed by atoms with Crippen molar-refractivity contribution in [3.8, 4) is 11.5 Å². The van der Waals surface area contributed by atoms with Gasteiger partial charge in [0.05, 0.1) is 17.2 Å². The first-order chi connectivity index (χ1) is 14.8. The molecule has 3 N–H and O–H groups in total. The van der Waals surface area contributed by atoms with Crippen LogP contribution in [0.25, 0.3) is 6.08 Å². The van der Waals surface area contributed by atoms with Crippen LogP contribution < -0.4 is 25.6 Å². The number of amides is 3. The number of anilines is 1. The van der Waals surface area contributed by atoms with Gasteiger partial charge in [0.25, 0.3) is 17.7 Å². The summed E-state index contributed by atoms with van der Waals surface area (Å²) in [5.74, 6) is -2.41. The first-order valence-corrected chi connectivity index (χ1v) is 9.10. The van der Waals surface area contributed by atoms with Crippen LogP contribution in [0.1, 0.15) is 12.5 Å². The third-order valence-electron chi connectivity index (χ3n) is 4.13. The van der Waals surface area contributed by atoms with Crippen LogP contribution in [0.15, 0.2) is 48.0 Å². The van der Waals surface area contributed by atoms with Crippen LogP contribution in [0.4, 0.5) is 11.4 Å². The monoisotopic (exact) mass is 426 g/mol. The molecule has 31 heavy (non-hydrogen) atoms. The molecule has 1 heterocycles. The number of nitro benzene ring substituents is 1. The van der Waals surface area contributed by atoms with Crippen molar-refractivity contribution in [2.24, 2.45) is 5.73 Å². The minimum absolute atomic E-state index is 0.0319. The molecule has 2 aromatic rings. The van der Waals surface area contributed by atoms with Crippen LogP contribution in [0.3, 0.4) is 0 Å². The molecule has 0 aromatic heterocycles. The van der Waals surface area contributed by atoms with E-state index in [1.807, 2.05) is 0 Å². The van der Waals surface area contributed by atoms with Gasteiger partial charge >= 0.3 is 5.69 Å². The summed E-state index contributed by atoms with van der Waals surface area (Å²) in [6.45, 7) is 1.21. The summed E-state index contributed by atoms with van der Waals surface area (Å²) >= 11 is 0. The lowest BCUT2D eigenvalue weighted by molar-refractivity contribution is -0.385. The second kappa shape index (κ2) is 8.95. The standard InChI is InChI=1S/C20H18N4O7/c1-2-30-16-10-12(9-15(24(28)29)18(16)31-11-17(21)25)8-14-19(26)22-23(20(14)27)13-6-4-3-5-7-13/h3-10H,2,11H2,1H3,(H2,21,25)(H,22,26)/b14-8-. The van der Waals surface area contributed by atoms with Gasteiger partial charge in [-0.25, -0.2) is 5.01 Å². The van der Waals surface area contributed by atoms with Gasteiger partial charge in [-0.05, 0) is 36.8 Å². The smallest absolute Gasteiger partial charge is 0.315 e. The van der Waals surface area contributed by atoms with Gasteiger partial charge in [0.2, 0.25) is 5.75 Å². The maximum atomic E-state index is 12.7. The van der Waals surface area contributed by atoms with E-state index in [-0.39, 0.29) is 29.2 Å². The minimum Gasteiger partial charge on any atom is -0.490 e. The number of nitrogens with two attached hydrogens (primary N) is 1. The molecule has 1 fully saturated rings. The van der Waals surface area contributed by atoms with E-state index in [9.17, 15) is 24.5 Å². The zero-order chi connectivity index (χ0) is 22.5. The third-order valence-corrected chi connectivity index (χ3v) is 4.13. The summed E-state index contributed by atoms with van der Waals surface area (Å²) in [4.78, 5) is 46.9. The largest absolute Gasteiger partial charge is 0.490 e. The zero-order valence-electron chi connectivity index (χ0n) is 16.4. The van der Waals surface area contributed by atoms with Gasteiger partial charge < -0.3 is 15.2 Å². The van der Waals surface area contributed by atoms with Gasteiger partial charge in [-0.1, -0.05) is 18.2 Å². The number of carbonyl (C=O) groups excluding carboxylic acids is 3. The Morgan fingerprint density at radius 2 is 1.94 bits per heavy atom. The van der Waals surface area contributed by atoms with E-state index in [1.165, 1.54) is 12.1 Å². The molecule has 0 unspecified atom stereocenters. The van der Waals surface area contributed by atoms with E-state index in [0.717, 1.165) is 11.1 Å². The zero-order valence-corrected chi connectivity index (χ0v) is 16.4. The highest BCUT2D eigenvalue weighted by molar-refractivity contribution is 6.31. The van der Waals surface area contributed by atoms with Crippen molar-refractivity contribution in [2.75, 3.05) is 18.2 Å². The van der Waals surface area contributed by atoms with E-state index in [1.54, 1.807) is 37.3 Å². The molecule has 1 saturated heterocycles. The highest BCUT2D eigenvalue weighted by Gasteiger charge is 2.34. The Bertz CT molecular complexity index is 1080. The number of nitrogens with zero attached hydrogens (tertiary/aromatic N) is 2. The predicted molar refractivity (Wildman–Crippen MR) is 109 cm³/mol. The summed E-state index contributed by atoms with van der Waals surface area (Å²) in [5, 5.41) is 12.6. The number of rotatable bonds is 8. The molecular formula is C20H18N4O7. The molecule has 1 aliphatic rings. The number of nitrogens with one attached hydrogen (secondary N) is 1. The van der Waals surface area contributed by atoms with Crippen LogP contribution in [0.5, 0.6) is 11.5 Å². The first-order valence-electron chi connectivity index (χ1n) is 9.10. The first kappa shape index (κ1) is 21.3. The number of hydrazine groups is 1. The van der Waals surface area contributed by atoms with Gasteiger partial charge in [0.15, 0.2) is 12.4 Å². The van der Waals surface area contributed by atoms with Gasteiger partial charge in [0.1, 0.15) is 5.57 Å². The Kier molecular flexibility index (Phi) is 6.15. The Morgan fingerprint density at radius 3 is 2.55 bits per heavy atom. The van der Waals surface area contributed by atoms with Crippen LogP contribution in [0, 0.1) is 10.1 Å². The normalized spacial score (nSPS) is 14.5. The fourth-order valence-electron chi connectivity index (χ4n) is 2.86. The molecule has 0 bridgehead atoms. The predicted octanol–water partition coefficient (Wildman–Crippen LogP) is 1.32. The van der Waals surface area contributed by atoms with Crippen molar-refractivity contribution in [3.05, 3.63) is 63.7 Å². The van der Waals surface area contributed by atoms with Gasteiger partial charge in [0, 0.05) is 6.07 Å². The Morgan fingerprint density at radius 1 is 1.23 bits per heavy atom. The Labute approximate surface area is 176 Å². The number of carbonyl (C=O) groups is 3. The van der Waals surface area contributed by atoms with E-state index >= 15 is 0 Å². The van der Waals surface area contributed by atoms with Gasteiger partial charge in [-0.15, -0.1) is 0 Å². The van der Waals surface area contributed by atoms with Gasteiger partial charge in [-0.3, -0.25) is 29.9 Å². The molecule has 0 atom stereocenters. The molecule has 0 saturated carbocycles. The molecular weight excluding hydrogens is 408 g/mol. The Hall–Kier alpha value is -4.41. The van der Waals surface area contributed by atoms with Crippen LogP contribution in [-0.4, -0.2) is 35.9 Å². The fraction of sp³-hybridized carbons (Fsp3) is 0.150. The van der Waals surface area contributed by atoms with Crippen molar-refractivity contribution >= 4 is 35.2 Å². The molecule has 160 valence electrons. The van der Waals surface area contributed by atoms with E-state index < -0.39 is 34.9 Å². The second-order valence-electron chi connectivity index (χ2n) is 6.29. The van der Waals surface area contributed by atoms with Crippen LogP contribution in [0.2, 0.25) is 0 Å². The number of primary amides is 1. The van der Waals surface area contributed by atoms with Crippen molar-refractivity contribution in [1.29, 1.82) is 0 Å². The average molecular weight is 426 g/mol. The quantitative estimate of drug-likeness (QED) is 0.279. The number of hydrogen-bond acceptors (Lipinski definition) is 7. The maximum absolute atomic E-state index is 12.7. The molecule has 2 aromatic carbocycles. The number of hydrogen-bond donors (Lipinski definition) is 2. The summed E-state index contributed by atoms with van der Waals surface area (Å²) < 4.78 is 10.6. The maximum Gasteiger partial charge on any atom is 0.315 e. The second-order valence-corrected chi connectivity index (χ2v) is 6.29. The Balaban J connectivity index is 2.03. The molecule has 0 radical (unpaired) electrons. The number of para-hydroxylation sites is 1. The molecule has 11 heteroatoms. The molecule has 0 aliphatic carbocycles. The summed E-state index contributed by atoms with van der Waals surface area (Å²) in [5.41, 5.74) is 7.39. The topological polar surface area (TPSA) is 154 Å². The lowest BCUT2D eigenvalue weighted by atomic mass is 10.1. The lowest BCUT2D eigenvalue weighted by Gasteiger charge is -2.14. The summed E-state index contributed by atoms with van der Waals surface area (Å²) in [6.07, 6.45) is 1.22. The van der Waals surface area contributed by atoms with Crippen molar-refractivity contribution in [2.45, 2.75) is 6.92 Å². The fourth-order valence-corrected chi connectivity index (χ4v) is 2.86. The van der Waals surface area contributed by atoms with Crippen molar-refractivity contribution < 1.29 is 28.8 Å². The molecule has 0 spiro atoms. The van der Waals surface area contributed by atoms with Crippen LogP contribution >= 0.6 is 0 Å². The van der Waals surface area contributed by atoms with E-state index in [4.69, 9.17) is 15.2 Å². The summed E-state index contributed by atoms with van der Waals surface area (Å²) in [7, 11) is 0. The van der Waals surface area contributed by atoms with Crippen LogP contribution in [-0.2, 0) is 14.4 Å². The average Bonchev–Trinajstić information content (AvgIpc) is 3.01. The number of nitro groups is 1. The molecule has 3 amide bonds. The summed E-state index contributed by atoms with van der Waals surface area (Å²) in [6, 6.07) is 10.9. The lowest BCUT2D eigenvalue weighted by Crippen LogP contribution is -2.35. The molecule has 11 nitrogen and oxygen atoms in total. The van der Waals surface area contributed by atoms with E-state index in [0.29, 0.717) is 5.69 Å². The molecule has 3 rings (SSSR count).